The highest BCUT2D eigenvalue weighted by Crippen LogP contribution is 2.28. The van der Waals surface area contributed by atoms with Crippen LogP contribution in [0.5, 0.6) is 17.2 Å². The highest BCUT2D eigenvalue weighted by atomic mass is 16.5. The Labute approximate surface area is 140 Å². The largest absolute Gasteiger partial charge is 0.504 e. The summed E-state index contributed by atoms with van der Waals surface area (Å²) in [6.45, 7) is 2.28. The number of nitrogens with zero attached hydrogens (tertiary/aromatic N) is 1. The molecule has 0 aliphatic carbocycles. The van der Waals surface area contributed by atoms with Gasteiger partial charge in [-0.05, 0) is 36.8 Å². The van der Waals surface area contributed by atoms with E-state index in [2.05, 4.69) is 10.5 Å². The van der Waals surface area contributed by atoms with Crippen LogP contribution in [0.3, 0.4) is 0 Å². The molecule has 6 heteroatoms. The van der Waals surface area contributed by atoms with Crippen LogP contribution >= 0.6 is 0 Å². The highest BCUT2D eigenvalue weighted by Gasteiger charge is 2.06. The zero-order valence-electron chi connectivity index (χ0n) is 13.7. The summed E-state index contributed by atoms with van der Waals surface area (Å²) in [6, 6.07) is 12.3. The Hall–Kier alpha value is -3.02. The van der Waals surface area contributed by atoms with Crippen LogP contribution in [0, 0.1) is 0 Å². The third-order valence-electron chi connectivity index (χ3n) is 3.25. The summed E-state index contributed by atoms with van der Waals surface area (Å²) in [5, 5.41) is 13.9. The van der Waals surface area contributed by atoms with Crippen molar-refractivity contribution in [1.29, 1.82) is 0 Å². The van der Waals surface area contributed by atoms with Gasteiger partial charge in [-0.1, -0.05) is 18.2 Å². The van der Waals surface area contributed by atoms with Gasteiger partial charge < -0.3 is 14.6 Å². The van der Waals surface area contributed by atoms with Gasteiger partial charge in [-0.3, -0.25) is 4.79 Å². The summed E-state index contributed by atoms with van der Waals surface area (Å²) in [6.07, 6.45) is 1.58. The predicted octanol–water partition coefficient (Wildman–Crippen LogP) is 2.49. The minimum absolute atomic E-state index is 0.00694. The van der Waals surface area contributed by atoms with Crippen LogP contribution in [-0.2, 0) is 11.2 Å². The number of hydrogen-bond donors (Lipinski definition) is 2. The molecule has 2 N–H and O–H groups in total. The summed E-state index contributed by atoms with van der Waals surface area (Å²) < 4.78 is 10.4. The van der Waals surface area contributed by atoms with E-state index >= 15 is 0 Å². The number of carbonyl (C=O) groups is 1. The van der Waals surface area contributed by atoms with Crippen LogP contribution in [0.25, 0.3) is 0 Å². The number of amides is 1. The van der Waals surface area contributed by atoms with Crippen LogP contribution in [0.1, 0.15) is 18.1 Å². The molecule has 0 unspecified atom stereocenters. The fourth-order valence-electron chi connectivity index (χ4n) is 2.06. The smallest absolute Gasteiger partial charge is 0.244 e. The zero-order chi connectivity index (χ0) is 17.4. The first-order chi connectivity index (χ1) is 11.6. The molecule has 0 aliphatic rings. The molecule has 0 heterocycles. The molecule has 0 fully saturated rings. The zero-order valence-corrected chi connectivity index (χ0v) is 13.7. The standard InChI is InChI=1S/C18H20N2O4/c1-3-24-16-6-4-5-14(18(16)22)12-19-20-17(21)11-13-7-9-15(23-2)10-8-13/h4-10,12,22H,3,11H2,1-2H3,(H,20,21). The van der Waals surface area contributed by atoms with Crippen molar-refractivity contribution in [2.24, 2.45) is 5.10 Å². The van der Waals surface area contributed by atoms with Crippen LogP contribution in [-0.4, -0.2) is 30.9 Å². The molecule has 0 spiro atoms. The van der Waals surface area contributed by atoms with Crippen LogP contribution < -0.4 is 14.9 Å². The maximum atomic E-state index is 11.9. The molecule has 0 aromatic heterocycles. The number of benzene rings is 2. The normalized spacial score (nSPS) is 10.6. The molecule has 0 saturated heterocycles. The van der Waals surface area contributed by atoms with Gasteiger partial charge in [0, 0.05) is 5.56 Å². The molecular weight excluding hydrogens is 308 g/mol. The number of phenols is 1. The van der Waals surface area contributed by atoms with Gasteiger partial charge in [0.15, 0.2) is 11.5 Å². The van der Waals surface area contributed by atoms with Crippen molar-refractivity contribution < 1.29 is 19.4 Å². The monoisotopic (exact) mass is 328 g/mol. The fraction of sp³-hybridized carbons (Fsp3) is 0.222. The summed E-state index contributed by atoms with van der Waals surface area (Å²) in [5.41, 5.74) is 3.75. The van der Waals surface area contributed by atoms with Crippen molar-refractivity contribution in [3.63, 3.8) is 0 Å². The van der Waals surface area contributed by atoms with E-state index in [0.717, 1.165) is 11.3 Å². The number of nitrogens with one attached hydrogen (secondary N) is 1. The first-order valence-corrected chi connectivity index (χ1v) is 7.53. The average molecular weight is 328 g/mol. The van der Waals surface area contributed by atoms with Crippen molar-refractivity contribution in [1.82, 2.24) is 5.43 Å². The summed E-state index contributed by atoms with van der Waals surface area (Å²) in [5.74, 6) is 0.859. The SMILES string of the molecule is CCOc1cccc(C=NNC(=O)Cc2ccc(OC)cc2)c1O. The molecule has 0 bridgehead atoms. The minimum atomic E-state index is -0.253. The number of para-hydroxylation sites is 1. The number of phenolic OH excluding ortho intramolecular Hbond substituents is 1. The summed E-state index contributed by atoms with van der Waals surface area (Å²) >= 11 is 0. The lowest BCUT2D eigenvalue weighted by atomic mass is 10.1. The van der Waals surface area contributed by atoms with Crippen molar-refractivity contribution in [3.8, 4) is 17.2 Å². The van der Waals surface area contributed by atoms with E-state index in [-0.39, 0.29) is 18.1 Å². The Balaban J connectivity index is 1.93. The van der Waals surface area contributed by atoms with Crippen molar-refractivity contribution >= 4 is 12.1 Å². The van der Waals surface area contributed by atoms with Gasteiger partial charge in [-0.25, -0.2) is 5.43 Å². The van der Waals surface area contributed by atoms with E-state index in [1.54, 1.807) is 37.4 Å². The molecule has 0 saturated carbocycles. The summed E-state index contributed by atoms with van der Waals surface area (Å²) in [4.78, 5) is 11.9. The third-order valence-corrected chi connectivity index (χ3v) is 3.25. The van der Waals surface area contributed by atoms with Gasteiger partial charge in [-0.15, -0.1) is 0 Å². The predicted molar refractivity (Wildman–Crippen MR) is 91.7 cm³/mol. The van der Waals surface area contributed by atoms with Crippen molar-refractivity contribution in [3.05, 3.63) is 53.6 Å². The van der Waals surface area contributed by atoms with E-state index in [1.165, 1.54) is 6.21 Å². The fourth-order valence-corrected chi connectivity index (χ4v) is 2.06. The first kappa shape index (κ1) is 17.3. The lowest BCUT2D eigenvalue weighted by molar-refractivity contribution is -0.120. The lowest BCUT2D eigenvalue weighted by Gasteiger charge is -2.07. The lowest BCUT2D eigenvalue weighted by Crippen LogP contribution is -2.19. The second kappa shape index (κ2) is 8.57. The molecule has 0 atom stereocenters. The topological polar surface area (TPSA) is 80.2 Å². The minimum Gasteiger partial charge on any atom is -0.504 e. The second-order valence-corrected chi connectivity index (χ2v) is 4.95. The third kappa shape index (κ3) is 4.74. The average Bonchev–Trinajstić information content (AvgIpc) is 2.59. The number of hydrogen-bond acceptors (Lipinski definition) is 5. The van der Waals surface area contributed by atoms with Crippen molar-refractivity contribution in [2.45, 2.75) is 13.3 Å². The molecule has 126 valence electrons. The number of carbonyl (C=O) groups excluding carboxylic acids is 1. The molecule has 2 aromatic rings. The molecule has 1 amide bonds. The first-order valence-electron chi connectivity index (χ1n) is 7.53. The van der Waals surface area contributed by atoms with Gasteiger partial charge in [-0.2, -0.15) is 5.10 Å². The molecule has 2 aromatic carbocycles. The Morgan fingerprint density at radius 2 is 2.00 bits per heavy atom. The van der Waals surface area contributed by atoms with Gasteiger partial charge in [0.1, 0.15) is 5.75 Å². The van der Waals surface area contributed by atoms with Crippen LogP contribution in [0.2, 0.25) is 0 Å². The van der Waals surface area contributed by atoms with E-state index in [9.17, 15) is 9.90 Å². The highest BCUT2D eigenvalue weighted by molar-refractivity contribution is 5.86. The van der Waals surface area contributed by atoms with E-state index in [4.69, 9.17) is 9.47 Å². The number of aromatic hydroxyl groups is 1. The van der Waals surface area contributed by atoms with E-state index in [1.807, 2.05) is 19.1 Å². The number of ether oxygens (including phenoxy) is 2. The van der Waals surface area contributed by atoms with Gasteiger partial charge in [0.05, 0.1) is 26.4 Å². The molecule has 0 radical (unpaired) electrons. The number of rotatable bonds is 7. The molecule has 6 nitrogen and oxygen atoms in total. The quantitative estimate of drug-likeness (QED) is 0.604. The Kier molecular flexibility index (Phi) is 6.19. The molecular formula is C18H20N2O4. The molecule has 0 aliphatic heterocycles. The Morgan fingerprint density at radius 1 is 1.25 bits per heavy atom. The van der Waals surface area contributed by atoms with Crippen LogP contribution in [0.4, 0.5) is 0 Å². The second-order valence-electron chi connectivity index (χ2n) is 4.95. The van der Waals surface area contributed by atoms with Crippen molar-refractivity contribution in [2.75, 3.05) is 13.7 Å². The van der Waals surface area contributed by atoms with Gasteiger partial charge >= 0.3 is 0 Å². The van der Waals surface area contributed by atoms with E-state index < -0.39 is 0 Å². The van der Waals surface area contributed by atoms with Gasteiger partial charge in [0.25, 0.3) is 0 Å². The van der Waals surface area contributed by atoms with Gasteiger partial charge in [0.2, 0.25) is 5.91 Å². The maximum absolute atomic E-state index is 11.9. The van der Waals surface area contributed by atoms with Crippen LogP contribution in [0.15, 0.2) is 47.6 Å². The molecule has 2 rings (SSSR count). The van der Waals surface area contributed by atoms with E-state index in [0.29, 0.717) is 17.9 Å². The number of hydrazone groups is 1. The Morgan fingerprint density at radius 3 is 2.67 bits per heavy atom. The number of methoxy groups -OCH3 is 1. The maximum Gasteiger partial charge on any atom is 0.244 e. The Bertz CT molecular complexity index is 711. The molecule has 24 heavy (non-hydrogen) atoms. The summed E-state index contributed by atoms with van der Waals surface area (Å²) in [7, 11) is 1.59.